The van der Waals surface area contributed by atoms with Crippen LogP contribution in [0.25, 0.3) is 0 Å². The Bertz CT molecular complexity index is 907. The van der Waals surface area contributed by atoms with Crippen LogP contribution in [0.15, 0.2) is 14.1 Å². The number of rotatable bonds is 7. The summed E-state index contributed by atoms with van der Waals surface area (Å²) in [7, 11) is 1.69. The highest BCUT2D eigenvalue weighted by Crippen LogP contribution is 2.35. The first kappa shape index (κ1) is 17.1. The van der Waals surface area contributed by atoms with Crippen molar-refractivity contribution in [3.63, 3.8) is 0 Å². The Kier molecular flexibility index (Phi) is 4.53. The van der Waals surface area contributed by atoms with Gasteiger partial charge >= 0.3 is 5.69 Å². The van der Waals surface area contributed by atoms with Gasteiger partial charge < -0.3 is 10.3 Å². The number of nitrogens with one attached hydrogen (secondary N) is 1. The van der Waals surface area contributed by atoms with Crippen molar-refractivity contribution in [2.45, 2.75) is 38.8 Å². The van der Waals surface area contributed by atoms with E-state index in [0.717, 1.165) is 12.8 Å². The molecular weight excluding hydrogens is 328 g/mol. The summed E-state index contributed by atoms with van der Waals surface area (Å²) in [5, 5.41) is 3.79. The van der Waals surface area contributed by atoms with Crippen LogP contribution in [0.4, 0.5) is 5.82 Å². The number of nitrogens with zero attached hydrogens (tertiary/aromatic N) is 4. The van der Waals surface area contributed by atoms with Gasteiger partial charge in [-0.2, -0.15) is 4.98 Å². The number of anilines is 1. The third kappa shape index (κ3) is 3.53. The van der Waals surface area contributed by atoms with Gasteiger partial charge in [0.2, 0.25) is 5.89 Å². The minimum Gasteiger partial charge on any atom is -0.384 e. The predicted octanol–water partition coefficient (Wildman–Crippen LogP) is -0.286. The number of carbonyl (C=O) groups is 1. The van der Waals surface area contributed by atoms with E-state index < -0.39 is 17.0 Å². The van der Waals surface area contributed by atoms with Crippen LogP contribution < -0.4 is 17.0 Å². The summed E-state index contributed by atoms with van der Waals surface area (Å²) in [5.74, 6) is 0.440. The molecule has 0 spiro atoms. The molecule has 10 nitrogen and oxygen atoms in total. The molecule has 10 heteroatoms. The van der Waals surface area contributed by atoms with Crippen molar-refractivity contribution >= 4 is 11.6 Å². The highest BCUT2D eigenvalue weighted by Gasteiger charge is 2.30. The lowest BCUT2D eigenvalue weighted by Crippen LogP contribution is -2.38. The fraction of sp³-hybridized carbons (Fsp3) is 0.533. The van der Waals surface area contributed by atoms with E-state index in [0.29, 0.717) is 18.1 Å². The van der Waals surface area contributed by atoms with Crippen molar-refractivity contribution in [2.75, 3.05) is 19.3 Å². The summed E-state index contributed by atoms with van der Waals surface area (Å²) in [6.07, 6.45) is 2.27. The minimum atomic E-state index is -0.760. The number of likely N-dealkylation sites (N-methyl/N-ethyl adjacent to an activating group) is 1. The highest BCUT2D eigenvalue weighted by molar-refractivity contribution is 6.01. The summed E-state index contributed by atoms with van der Waals surface area (Å²) in [5.41, 5.74) is 4.42. The Balaban J connectivity index is 1.77. The molecule has 2 heterocycles. The van der Waals surface area contributed by atoms with Gasteiger partial charge in [0, 0.05) is 12.5 Å². The molecule has 0 atom stereocenters. The highest BCUT2D eigenvalue weighted by atomic mass is 16.5. The van der Waals surface area contributed by atoms with E-state index in [1.807, 2.05) is 6.92 Å². The van der Waals surface area contributed by atoms with E-state index in [1.165, 1.54) is 4.57 Å². The predicted molar refractivity (Wildman–Crippen MR) is 88.3 cm³/mol. The van der Waals surface area contributed by atoms with Gasteiger partial charge in [0.15, 0.2) is 11.6 Å². The van der Waals surface area contributed by atoms with E-state index in [9.17, 15) is 14.4 Å². The van der Waals surface area contributed by atoms with Gasteiger partial charge in [-0.1, -0.05) is 12.1 Å². The maximum atomic E-state index is 12.5. The first-order chi connectivity index (χ1) is 11.9. The molecule has 1 aliphatic carbocycles. The molecule has 0 radical (unpaired) electrons. The fourth-order valence-electron chi connectivity index (χ4n) is 2.64. The summed E-state index contributed by atoms with van der Waals surface area (Å²) in [6, 6.07) is -0.0421. The number of Topliss-reactive ketones (excluding diaryl/α,β-unsaturated/α-hetero) is 1. The lowest BCUT2D eigenvalue weighted by atomic mass is 10.2. The van der Waals surface area contributed by atoms with Crippen molar-refractivity contribution in [3.05, 3.63) is 38.1 Å². The van der Waals surface area contributed by atoms with Gasteiger partial charge in [-0.25, -0.2) is 4.79 Å². The van der Waals surface area contributed by atoms with Crippen LogP contribution in [0.3, 0.4) is 0 Å². The second-order valence-corrected chi connectivity index (χ2v) is 6.17. The second kappa shape index (κ2) is 6.63. The van der Waals surface area contributed by atoms with Crippen LogP contribution in [-0.2, 0) is 13.0 Å². The zero-order chi connectivity index (χ0) is 18.1. The first-order valence-electron chi connectivity index (χ1n) is 8.08. The first-order valence-corrected chi connectivity index (χ1v) is 8.08. The van der Waals surface area contributed by atoms with Gasteiger partial charge in [-0.05, 0) is 19.9 Å². The summed E-state index contributed by atoms with van der Waals surface area (Å²) in [4.78, 5) is 44.5. The molecule has 134 valence electrons. The molecule has 3 rings (SSSR count). The number of ketones is 1. The van der Waals surface area contributed by atoms with Crippen LogP contribution in [0.5, 0.6) is 0 Å². The van der Waals surface area contributed by atoms with Crippen molar-refractivity contribution < 1.29 is 9.32 Å². The molecule has 1 saturated carbocycles. The number of aromatic amines is 1. The van der Waals surface area contributed by atoms with Crippen molar-refractivity contribution in [2.24, 2.45) is 0 Å². The standard InChI is InChI=1S/C15H20N6O4/c1-3-10-17-11(25-19-10)7-20(2)6-9(22)12-13(16)21(8-4-5-8)15(24)18-14(12)23/h8H,3-7,16H2,1-2H3,(H,18,23,24). The molecule has 3 N–H and O–H groups in total. The number of aryl methyl sites for hydroxylation is 1. The van der Waals surface area contributed by atoms with Crippen molar-refractivity contribution in [1.29, 1.82) is 0 Å². The molecule has 0 bridgehead atoms. The molecule has 2 aromatic rings. The number of aromatic nitrogens is 4. The number of nitrogen functional groups attached to an aromatic ring is 1. The monoisotopic (exact) mass is 348 g/mol. The van der Waals surface area contributed by atoms with Gasteiger partial charge in [0.05, 0.1) is 13.1 Å². The largest absolute Gasteiger partial charge is 0.384 e. The quantitative estimate of drug-likeness (QED) is 0.651. The number of hydrogen-bond acceptors (Lipinski definition) is 8. The summed E-state index contributed by atoms with van der Waals surface area (Å²) in [6.45, 7) is 2.10. The lowest BCUT2D eigenvalue weighted by Gasteiger charge is -2.15. The third-order valence-electron chi connectivity index (χ3n) is 4.02. The molecule has 25 heavy (non-hydrogen) atoms. The number of H-pyrrole nitrogens is 1. The molecule has 0 amide bonds. The summed E-state index contributed by atoms with van der Waals surface area (Å²) >= 11 is 0. The minimum absolute atomic E-state index is 0.0421. The maximum absolute atomic E-state index is 12.5. The van der Waals surface area contributed by atoms with Gasteiger partial charge in [-0.15, -0.1) is 0 Å². The Morgan fingerprint density at radius 3 is 2.76 bits per heavy atom. The average molecular weight is 348 g/mol. The lowest BCUT2D eigenvalue weighted by molar-refractivity contribution is 0.0936. The number of hydrogen-bond donors (Lipinski definition) is 2. The Labute approximate surface area is 142 Å². The molecule has 2 aromatic heterocycles. The van der Waals surface area contributed by atoms with E-state index >= 15 is 0 Å². The van der Waals surface area contributed by atoms with Gasteiger partial charge in [0.25, 0.3) is 5.56 Å². The molecule has 0 aromatic carbocycles. The fourth-order valence-corrected chi connectivity index (χ4v) is 2.64. The summed E-state index contributed by atoms with van der Waals surface area (Å²) < 4.78 is 6.38. The molecule has 0 saturated heterocycles. The molecule has 0 aliphatic heterocycles. The van der Waals surface area contributed by atoms with Gasteiger partial charge in [0.1, 0.15) is 11.4 Å². The topological polar surface area (TPSA) is 140 Å². The number of nitrogens with two attached hydrogens (primary N) is 1. The van der Waals surface area contributed by atoms with E-state index in [4.69, 9.17) is 10.3 Å². The second-order valence-electron chi connectivity index (χ2n) is 6.17. The van der Waals surface area contributed by atoms with Crippen molar-refractivity contribution in [3.8, 4) is 0 Å². The zero-order valence-electron chi connectivity index (χ0n) is 14.1. The zero-order valence-corrected chi connectivity index (χ0v) is 14.1. The Morgan fingerprint density at radius 2 is 2.16 bits per heavy atom. The molecular formula is C15H20N6O4. The van der Waals surface area contributed by atoms with Crippen LogP contribution in [-0.4, -0.2) is 44.0 Å². The average Bonchev–Trinajstić information content (AvgIpc) is 3.25. The smallest absolute Gasteiger partial charge is 0.330 e. The Hall–Kier alpha value is -2.75. The van der Waals surface area contributed by atoms with Crippen LogP contribution in [0, 0.1) is 0 Å². The third-order valence-corrected chi connectivity index (χ3v) is 4.02. The van der Waals surface area contributed by atoms with E-state index in [-0.39, 0.29) is 30.5 Å². The van der Waals surface area contributed by atoms with E-state index in [1.54, 1.807) is 11.9 Å². The van der Waals surface area contributed by atoms with Crippen LogP contribution >= 0.6 is 0 Å². The van der Waals surface area contributed by atoms with Gasteiger partial charge in [-0.3, -0.25) is 24.0 Å². The Morgan fingerprint density at radius 1 is 1.44 bits per heavy atom. The SMILES string of the molecule is CCc1noc(CN(C)CC(=O)c2c(N)n(C3CC3)c(=O)[nH]c2=O)n1. The molecule has 0 unspecified atom stereocenters. The normalized spacial score (nSPS) is 14.2. The maximum Gasteiger partial charge on any atom is 0.330 e. The molecule has 1 aliphatic rings. The molecule has 1 fully saturated rings. The van der Waals surface area contributed by atoms with E-state index in [2.05, 4.69) is 15.1 Å². The van der Waals surface area contributed by atoms with Crippen LogP contribution in [0.1, 0.15) is 47.9 Å². The number of carbonyl (C=O) groups excluding carboxylic acids is 1. The van der Waals surface area contributed by atoms with Crippen molar-refractivity contribution in [1.82, 2.24) is 24.6 Å². The van der Waals surface area contributed by atoms with Crippen LogP contribution in [0.2, 0.25) is 0 Å².